The van der Waals surface area contributed by atoms with Crippen molar-refractivity contribution in [1.82, 2.24) is 9.97 Å². The third kappa shape index (κ3) is 2.32. The van der Waals surface area contributed by atoms with Gasteiger partial charge in [0.15, 0.2) is 0 Å². The molecule has 2 rings (SSSR count). The highest BCUT2D eigenvalue weighted by Crippen LogP contribution is 2.23. The zero-order valence-electron chi connectivity index (χ0n) is 9.98. The number of nitrogens with zero attached hydrogens (tertiary/aromatic N) is 3. The molecule has 1 aromatic heterocycles. The van der Waals surface area contributed by atoms with Gasteiger partial charge in [-0.1, -0.05) is 0 Å². The first-order valence-corrected chi connectivity index (χ1v) is 5.90. The number of aliphatic hydroxyl groups excluding tert-OH is 1. The lowest BCUT2D eigenvalue weighted by atomic mass is 10.0. The van der Waals surface area contributed by atoms with Crippen LogP contribution in [0.3, 0.4) is 0 Å². The minimum Gasteiger partial charge on any atom is -0.394 e. The Hall–Kier alpha value is -1.16. The quantitative estimate of drug-likeness (QED) is 0.821. The van der Waals surface area contributed by atoms with E-state index in [4.69, 9.17) is 0 Å². The summed E-state index contributed by atoms with van der Waals surface area (Å²) in [6.07, 6.45) is 3.43. The van der Waals surface area contributed by atoms with E-state index in [1.807, 2.05) is 19.9 Å². The normalized spacial score (nSPS) is 21.2. The van der Waals surface area contributed by atoms with E-state index in [2.05, 4.69) is 14.9 Å². The molecule has 4 heteroatoms. The number of anilines is 1. The van der Waals surface area contributed by atoms with Crippen LogP contribution in [0.5, 0.6) is 0 Å². The van der Waals surface area contributed by atoms with Gasteiger partial charge < -0.3 is 10.0 Å². The number of hydrogen-bond acceptors (Lipinski definition) is 4. The Morgan fingerprint density at radius 3 is 2.88 bits per heavy atom. The third-order valence-corrected chi connectivity index (χ3v) is 3.08. The van der Waals surface area contributed by atoms with E-state index in [1.165, 1.54) is 12.8 Å². The Labute approximate surface area is 96.3 Å². The van der Waals surface area contributed by atoms with Gasteiger partial charge in [0.05, 0.1) is 12.6 Å². The second-order valence-electron chi connectivity index (χ2n) is 4.44. The van der Waals surface area contributed by atoms with E-state index in [1.54, 1.807) is 0 Å². The average molecular weight is 221 g/mol. The second-order valence-corrected chi connectivity index (χ2v) is 4.44. The van der Waals surface area contributed by atoms with Crippen molar-refractivity contribution >= 4 is 5.82 Å². The Bertz CT molecular complexity index is 347. The van der Waals surface area contributed by atoms with E-state index in [0.29, 0.717) is 0 Å². The van der Waals surface area contributed by atoms with E-state index in [0.717, 1.165) is 30.3 Å². The number of rotatable bonds is 2. The van der Waals surface area contributed by atoms with Gasteiger partial charge in [-0.25, -0.2) is 9.97 Å². The first-order chi connectivity index (χ1) is 7.70. The van der Waals surface area contributed by atoms with Crippen LogP contribution in [0.25, 0.3) is 0 Å². The van der Waals surface area contributed by atoms with Gasteiger partial charge in [-0.15, -0.1) is 0 Å². The number of piperidine rings is 1. The lowest BCUT2D eigenvalue weighted by Gasteiger charge is -2.35. The molecule has 1 fully saturated rings. The molecule has 1 unspecified atom stereocenters. The van der Waals surface area contributed by atoms with Crippen LogP contribution in [0.1, 0.15) is 30.8 Å². The zero-order valence-corrected chi connectivity index (χ0v) is 9.98. The van der Waals surface area contributed by atoms with Crippen molar-refractivity contribution in [3.05, 3.63) is 17.6 Å². The molecule has 0 spiro atoms. The molecule has 0 aliphatic carbocycles. The molecule has 1 atom stereocenters. The fourth-order valence-corrected chi connectivity index (χ4v) is 2.34. The van der Waals surface area contributed by atoms with Crippen molar-refractivity contribution < 1.29 is 5.11 Å². The van der Waals surface area contributed by atoms with Gasteiger partial charge in [0, 0.05) is 18.3 Å². The van der Waals surface area contributed by atoms with Crippen LogP contribution in [-0.4, -0.2) is 34.3 Å². The molecule has 1 aliphatic rings. The summed E-state index contributed by atoms with van der Waals surface area (Å²) in [4.78, 5) is 11.0. The van der Waals surface area contributed by atoms with Crippen LogP contribution in [0, 0.1) is 13.8 Å². The summed E-state index contributed by atoms with van der Waals surface area (Å²) in [6.45, 7) is 5.09. The Morgan fingerprint density at radius 1 is 1.38 bits per heavy atom. The Morgan fingerprint density at radius 2 is 2.19 bits per heavy atom. The van der Waals surface area contributed by atoms with Crippen molar-refractivity contribution in [2.24, 2.45) is 0 Å². The maximum absolute atomic E-state index is 9.38. The largest absolute Gasteiger partial charge is 0.394 e. The molecule has 2 heterocycles. The van der Waals surface area contributed by atoms with Crippen molar-refractivity contribution in [3.8, 4) is 0 Å². The average Bonchev–Trinajstić information content (AvgIpc) is 2.27. The number of aliphatic hydroxyl groups is 1. The summed E-state index contributed by atoms with van der Waals surface area (Å²) in [7, 11) is 0. The summed E-state index contributed by atoms with van der Waals surface area (Å²) in [6, 6.07) is 2.23. The first kappa shape index (κ1) is 11.3. The highest BCUT2D eigenvalue weighted by Gasteiger charge is 2.23. The van der Waals surface area contributed by atoms with Crippen LogP contribution >= 0.6 is 0 Å². The van der Waals surface area contributed by atoms with Gasteiger partial charge in [-0.3, -0.25) is 0 Å². The molecule has 4 nitrogen and oxygen atoms in total. The highest BCUT2D eigenvalue weighted by atomic mass is 16.3. The lowest BCUT2D eigenvalue weighted by Crippen LogP contribution is -2.42. The SMILES string of the molecule is Cc1cc(N2CCCCC2CO)nc(C)n1. The second kappa shape index (κ2) is 4.78. The molecule has 88 valence electrons. The highest BCUT2D eigenvalue weighted by molar-refractivity contribution is 5.41. The van der Waals surface area contributed by atoms with Crippen molar-refractivity contribution in [2.75, 3.05) is 18.1 Å². The molecule has 1 N–H and O–H groups in total. The maximum atomic E-state index is 9.38. The monoisotopic (exact) mass is 221 g/mol. The van der Waals surface area contributed by atoms with Crippen LogP contribution in [0.2, 0.25) is 0 Å². The summed E-state index contributed by atoms with van der Waals surface area (Å²) < 4.78 is 0. The summed E-state index contributed by atoms with van der Waals surface area (Å²) in [5.41, 5.74) is 0.991. The van der Waals surface area contributed by atoms with Gasteiger partial charge in [0.1, 0.15) is 11.6 Å². The first-order valence-electron chi connectivity index (χ1n) is 5.90. The number of hydrogen-bond donors (Lipinski definition) is 1. The van der Waals surface area contributed by atoms with Crippen molar-refractivity contribution in [2.45, 2.75) is 39.2 Å². The standard InChI is InChI=1S/C12H19N3O/c1-9-7-12(14-10(2)13-9)15-6-4-3-5-11(15)8-16/h7,11,16H,3-6,8H2,1-2H3. The minimum absolute atomic E-state index is 0.210. The molecule has 0 amide bonds. The fraction of sp³-hybridized carbons (Fsp3) is 0.667. The van der Waals surface area contributed by atoms with Gasteiger partial charge >= 0.3 is 0 Å². The topological polar surface area (TPSA) is 49.2 Å². The Balaban J connectivity index is 2.26. The molecular formula is C12H19N3O. The van der Waals surface area contributed by atoms with Crippen LogP contribution < -0.4 is 4.90 Å². The molecule has 1 aromatic rings. The molecule has 0 bridgehead atoms. The van der Waals surface area contributed by atoms with E-state index in [-0.39, 0.29) is 12.6 Å². The van der Waals surface area contributed by atoms with Gasteiger partial charge in [0.25, 0.3) is 0 Å². The van der Waals surface area contributed by atoms with Crippen LogP contribution in [0.4, 0.5) is 5.82 Å². The Kier molecular flexibility index (Phi) is 3.39. The van der Waals surface area contributed by atoms with Crippen molar-refractivity contribution in [3.63, 3.8) is 0 Å². The molecular weight excluding hydrogens is 202 g/mol. The summed E-state index contributed by atoms with van der Waals surface area (Å²) in [5.74, 6) is 1.76. The third-order valence-electron chi connectivity index (χ3n) is 3.08. The van der Waals surface area contributed by atoms with E-state index in [9.17, 15) is 5.11 Å². The van der Waals surface area contributed by atoms with E-state index >= 15 is 0 Å². The predicted octanol–water partition coefficient (Wildman–Crippen LogP) is 1.44. The lowest BCUT2D eigenvalue weighted by molar-refractivity contribution is 0.239. The van der Waals surface area contributed by atoms with Gasteiger partial charge in [-0.2, -0.15) is 0 Å². The molecule has 1 saturated heterocycles. The zero-order chi connectivity index (χ0) is 11.5. The number of aromatic nitrogens is 2. The summed E-state index contributed by atoms with van der Waals surface area (Å²) in [5, 5.41) is 9.38. The summed E-state index contributed by atoms with van der Waals surface area (Å²) >= 11 is 0. The minimum atomic E-state index is 0.210. The predicted molar refractivity (Wildman–Crippen MR) is 63.6 cm³/mol. The van der Waals surface area contributed by atoms with Gasteiger partial charge in [-0.05, 0) is 33.1 Å². The molecule has 0 radical (unpaired) electrons. The fourth-order valence-electron chi connectivity index (χ4n) is 2.34. The van der Waals surface area contributed by atoms with Crippen LogP contribution in [0.15, 0.2) is 6.07 Å². The van der Waals surface area contributed by atoms with Crippen molar-refractivity contribution in [1.29, 1.82) is 0 Å². The molecule has 16 heavy (non-hydrogen) atoms. The molecule has 1 aliphatic heterocycles. The van der Waals surface area contributed by atoms with Gasteiger partial charge in [0.2, 0.25) is 0 Å². The smallest absolute Gasteiger partial charge is 0.132 e. The molecule has 0 aromatic carbocycles. The van der Waals surface area contributed by atoms with E-state index < -0.39 is 0 Å². The van der Waals surface area contributed by atoms with Crippen LogP contribution in [-0.2, 0) is 0 Å². The maximum Gasteiger partial charge on any atom is 0.132 e. The number of aryl methyl sites for hydroxylation is 2. The molecule has 0 saturated carbocycles.